The lowest BCUT2D eigenvalue weighted by Gasteiger charge is -2.38. The highest BCUT2D eigenvalue weighted by atomic mass is 16.5. The van der Waals surface area contributed by atoms with E-state index in [-0.39, 0.29) is 18.1 Å². The summed E-state index contributed by atoms with van der Waals surface area (Å²) in [6.07, 6.45) is 0. The number of amides is 1. The van der Waals surface area contributed by atoms with Crippen LogP contribution in [-0.4, -0.2) is 45.9 Å². The smallest absolute Gasteiger partial charge is 0.244 e. The number of carbonyl (C=O) groups is 1. The third-order valence-electron chi connectivity index (χ3n) is 3.50. The van der Waals surface area contributed by atoms with E-state index in [2.05, 4.69) is 5.10 Å². The van der Waals surface area contributed by atoms with Crippen molar-refractivity contribution in [1.29, 1.82) is 0 Å². The first-order valence-electron chi connectivity index (χ1n) is 6.51. The van der Waals surface area contributed by atoms with Crippen molar-refractivity contribution in [2.24, 2.45) is 0 Å². The topological polar surface area (TPSA) is 73.4 Å². The summed E-state index contributed by atoms with van der Waals surface area (Å²) in [6.45, 7) is 9.78. The molecule has 2 heterocycles. The number of carbonyl (C=O) groups excluding carboxylic acids is 1. The molecule has 0 radical (unpaired) electrons. The third kappa shape index (κ3) is 2.89. The molecule has 1 aromatic heterocycles. The van der Waals surface area contributed by atoms with Crippen LogP contribution in [0.15, 0.2) is 0 Å². The molecule has 19 heavy (non-hydrogen) atoms. The van der Waals surface area contributed by atoms with E-state index in [1.54, 1.807) is 4.68 Å². The summed E-state index contributed by atoms with van der Waals surface area (Å²) in [6, 6.07) is 0. The molecule has 1 aliphatic rings. The van der Waals surface area contributed by atoms with Crippen LogP contribution >= 0.6 is 0 Å². The molecule has 0 aromatic carbocycles. The van der Waals surface area contributed by atoms with Crippen molar-refractivity contribution in [2.45, 2.75) is 39.8 Å². The highest BCUT2D eigenvalue weighted by Gasteiger charge is 2.30. The molecule has 2 N–H and O–H groups in total. The molecular weight excluding hydrogens is 244 g/mol. The lowest BCUT2D eigenvalue weighted by molar-refractivity contribution is -0.146. The molecule has 1 aromatic rings. The van der Waals surface area contributed by atoms with Crippen LogP contribution in [0.2, 0.25) is 0 Å². The van der Waals surface area contributed by atoms with Crippen LogP contribution in [-0.2, 0) is 16.1 Å². The number of rotatable bonds is 2. The Kier molecular flexibility index (Phi) is 3.54. The molecule has 1 amide bonds. The molecule has 0 bridgehead atoms. The first-order valence-corrected chi connectivity index (χ1v) is 6.51. The monoisotopic (exact) mass is 266 g/mol. The summed E-state index contributed by atoms with van der Waals surface area (Å²) in [5.74, 6) is 0.0574. The third-order valence-corrected chi connectivity index (χ3v) is 3.50. The van der Waals surface area contributed by atoms with Crippen LogP contribution < -0.4 is 5.73 Å². The SMILES string of the molecule is Cc1nn(CC(=O)N2CCOC(C)(C)C2)c(C)c1N. The van der Waals surface area contributed by atoms with Crippen LogP contribution in [0.4, 0.5) is 5.69 Å². The second-order valence-corrected chi connectivity index (χ2v) is 5.67. The van der Waals surface area contributed by atoms with Gasteiger partial charge in [-0.3, -0.25) is 9.48 Å². The van der Waals surface area contributed by atoms with Crippen molar-refractivity contribution >= 4 is 11.6 Å². The summed E-state index contributed by atoms with van der Waals surface area (Å²) in [5, 5.41) is 4.29. The van der Waals surface area contributed by atoms with E-state index in [0.29, 0.717) is 25.4 Å². The Morgan fingerprint density at radius 2 is 2.16 bits per heavy atom. The molecule has 0 saturated carbocycles. The first kappa shape index (κ1) is 13.9. The maximum Gasteiger partial charge on any atom is 0.244 e. The number of morpholine rings is 1. The number of aromatic nitrogens is 2. The van der Waals surface area contributed by atoms with Crippen molar-refractivity contribution in [3.05, 3.63) is 11.4 Å². The quantitative estimate of drug-likeness (QED) is 0.856. The molecule has 0 aliphatic carbocycles. The van der Waals surface area contributed by atoms with Gasteiger partial charge >= 0.3 is 0 Å². The van der Waals surface area contributed by atoms with Crippen LogP contribution in [0.3, 0.4) is 0 Å². The van der Waals surface area contributed by atoms with Gasteiger partial charge in [-0.1, -0.05) is 0 Å². The zero-order valence-electron chi connectivity index (χ0n) is 12.1. The number of hydrogen-bond donors (Lipinski definition) is 1. The standard InChI is InChI=1S/C13H22N4O2/c1-9-12(14)10(2)17(15-9)7-11(18)16-5-6-19-13(3,4)8-16/h5-8,14H2,1-4H3. The minimum absolute atomic E-state index is 0.0574. The molecule has 1 saturated heterocycles. The van der Waals surface area contributed by atoms with Gasteiger partial charge in [-0.15, -0.1) is 0 Å². The molecule has 106 valence electrons. The predicted molar refractivity (Wildman–Crippen MR) is 72.7 cm³/mol. The van der Waals surface area contributed by atoms with Crippen LogP contribution in [0.5, 0.6) is 0 Å². The van der Waals surface area contributed by atoms with Crippen molar-refractivity contribution in [2.75, 3.05) is 25.4 Å². The van der Waals surface area contributed by atoms with Gasteiger partial charge in [-0.05, 0) is 27.7 Å². The van der Waals surface area contributed by atoms with Crippen molar-refractivity contribution < 1.29 is 9.53 Å². The normalized spacial score (nSPS) is 18.6. The molecule has 0 atom stereocenters. The second-order valence-electron chi connectivity index (χ2n) is 5.67. The molecule has 6 nitrogen and oxygen atoms in total. The number of anilines is 1. The molecule has 0 unspecified atom stereocenters. The molecule has 6 heteroatoms. The second kappa shape index (κ2) is 4.85. The maximum absolute atomic E-state index is 12.3. The number of nitrogens with zero attached hydrogens (tertiary/aromatic N) is 3. The summed E-state index contributed by atoms with van der Waals surface area (Å²) in [7, 11) is 0. The van der Waals surface area contributed by atoms with Crippen molar-refractivity contribution in [3.63, 3.8) is 0 Å². The number of aryl methyl sites for hydroxylation is 1. The highest BCUT2D eigenvalue weighted by Crippen LogP contribution is 2.18. The fraction of sp³-hybridized carbons (Fsp3) is 0.692. The predicted octanol–water partition coefficient (Wildman–Crippen LogP) is 0.720. The Hall–Kier alpha value is -1.56. The van der Waals surface area contributed by atoms with Gasteiger partial charge < -0.3 is 15.4 Å². The molecule has 1 aliphatic heterocycles. The first-order chi connectivity index (χ1) is 8.80. The van der Waals surface area contributed by atoms with E-state index in [1.807, 2.05) is 32.6 Å². The Labute approximate surface area is 113 Å². The van der Waals surface area contributed by atoms with Gasteiger partial charge in [0.1, 0.15) is 6.54 Å². The lowest BCUT2D eigenvalue weighted by atomic mass is 10.1. The Morgan fingerprint density at radius 1 is 1.47 bits per heavy atom. The average molecular weight is 266 g/mol. The van der Waals surface area contributed by atoms with Gasteiger partial charge in [0.2, 0.25) is 5.91 Å². The van der Waals surface area contributed by atoms with Crippen molar-refractivity contribution in [1.82, 2.24) is 14.7 Å². The number of nitrogens with two attached hydrogens (primary N) is 1. The van der Waals surface area contributed by atoms with Gasteiger partial charge in [0.25, 0.3) is 0 Å². The fourth-order valence-electron chi connectivity index (χ4n) is 2.32. The van der Waals surface area contributed by atoms with Gasteiger partial charge in [-0.2, -0.15) is 5.10 Å². The van der Waals surface area contributed by atoms with E-state index in [1.165, 1.54) is 0 Å². The van der Waals surface area contributed by atoms with Gasteiger partial charge in [-0.25, -0.2) is 0 Å². The lowest BCUT2D eigenvalue weighted by Crippen LogP contribution is -2.51. The number of nitrogen functional groups attached to an aromatic ring is 1. The van der Waals surface area contributed by atoms with Gasteiger partial charge in [0.05, 0.1) is 29.3 Å². The summed E-state index contributed by atoms with van der Waals surface area (Å²) >= 11 is 0. The Balaban J connectivity index is 2.06. The van der Waals surface area contributed by atoms with E-state index in [9.17, 15) is 4.79 Å². The van der Waals surface area contributed by atoms with E-state index >= 15 is 0 Å². The highest BCUT2D eigenvalue weighted by molar-refractivity contribution is 5.76. The van der Waals surface area contributed by atoms with E-state index < -0.39 is 0 Å². The van der Waals surface area contributed by atoms with Gasteiger partial charge in [0.15, 0.2) is 0 Å². The minimum Gasteiger partial charge on any atom is -0.396 e. The van der Waals surface area contributed by atoms with Gasteiger partial charge in [0, 0.05) is 13.1 Å². The van der Waals surface area contributed by atoms with E-state index in [4.69, 9.17) is 10.5 Å². The summed E-state index contributed by atoms with van der Waals surface area (Å²) < 4.78 is 7.28. The van der Waals surface area contributed by atoms with Crippen LogP contribution in [0.1, 0.15) is 25.2 Å². The summed E-state index contributed by atoms with van der Waals surface area (Å²) in [5.41, 5.74) is 7.87. The van der Waals surface area contributed by atoms with Crippen LogP contribution in [0, 0.1) is 13.8 Å². The average Bonchev–Trinajstić information content (AvgIpc) is 2.56. The molecular formula is C13H22N4O2. The molecule has 0 spiro atoms. The minimum atomic E-state index is -0.276. The van der Waals surface area contributed by atoms with Crippen molar-refractivity contribution in [3.8, 4) is 0 Å². The number of ether oxygens (including phenoxy) is 1. The van der Waals surface area contributed by atoms with Crippen LogP contribution in [0.25, 0.3) is 0 Å². The maximum atomic E-state index is 12.3. The largest absolute Gasteiger partial charge is 0.396 e. The fourth-order valence-corrected chi connectivity index (χ4v) is 2.32. The zero-order valence-corrected chi connectivity index (χ0v) is 12.1. The van der Waals surface area contributed by atoms with E-state index in [0.717, 1.165) is 11.4 Å². The number of hydrogen-bond acceptors (Lipinski definition) is 4. The Bertz CT molecular complexity index is 493. The molecule has 1 fully saturated rings. The summed E-state index contributed by atoms with van der Waals surface area (Å²) in [4.78, 5) is 14.1. The molecule has 2 rings (SSSR count). The Morgan fingerprint density at radius 3 is 2.68 bits per heavy atom. The zero-order chi connectivity index (χ0) is 14.2.